The third kappa shape index (κ3) is 6.14. The highest BCUT2D eigenvalue weighted by Gasteiger charge is 2.12. The molecule has 0 aliphatic heterocycles. The van der Waals surface area contributed by atoms with Gasteiger partial charge in [0.05, 0.1) is 18.2 Å². The first-order valence-electron chi connectivity index (χ1n) is 8.55. The van der Waals surface area contributed by atoms with Gasteiger partial charge in [0, 0.05) is 11.7 Å². The van der Waals surface area contributed by atoms with E-state index in [2.05, 4.69) is 10.6 Å². The van der Waals surface area contributed by atoms with Gasteiger partial charge in [0.2, 0.25) is 5.91 Å². The number of amides is 1. The van der Waals surface area contributed by atoms with Crippen LogP contribution in [0.3, 0.4) is 0 Å². The Morgan fingerprint density at radius 2 is 1.67 bits per heavy atom. The standard InChI is InChI=1S/C20H22F2N2O3/c1-12(2)27-20(26)14-4-7-16(8-5-14)24-19(25)11-23-13(3)15-6-9-17(21)18(22)10-15/h4-10,12-13,23H,11H2,1-3H3,(H,24,25)/t13-/m0/s1. The van der Waals surface area contributed by atoms with E-state index >= 15 is 0 Å². The lowest BCUT2D eigenvalue weighted by Crippen LogP contribution is -2.30. The highest BCUT2D eigenvalue weighted by molar-refractivity contribution is 5.94. The predicted octanol–water partition coefficient (Wildman–Crippen LogP) is 3.82. The van der Waals surface area contributed by atoms with Crippen LogP contribution < -0.4 is 10.6 Å². The molecule has 1 atom stereocenters. The van der Waals surface area contributed by atoms with Gasteiger partial charge in [-0.3, -0.25) is 4.79 Å². The van der Waals surface area contributed by atoms with Crippen LogP contribution in [-0.2, 0) is 9.53 Å². The molecule has 2 aromatic carbocycles. The van der Waals surface area contributed by atoms with Crippen molar-refractivity contribution in [3.63, 3.8) is 0 Å². The van der Waals surface area contributed by atoms with Gasteiger partial charge in [-0.2, -0.15) is 0 Å². The molecule has 27 heavy (non-hydrogen) atoms. The zero-order valence-electron chi connectivity index (χ0n) is 15.4. The summed E-state index contributed by atoms with van der Waals surface area (Å²) < 4.78 is 31.3. The second-order valence-corrected chi connectivity index (χ2v) is 6.36. The minimum atomic E-state index is -0.929. The molecule has 2 rings (SSSR count). The number of nitrogens with one attached hydrogen (secondary N) is 2. The van der Waals surface area contributed by atoms with Crippen molar-refractivity contribution in [2.45, 2.75) is 32.9 Å². The van der Waals surface area contributed by atoms with Gasteiger partial charge >= 0.3 is 5.97 Å². The Bertz CT molecular complexity index is 807. The van der Waals surface area contributed by atoms with Crippen molar-refractivity contribution in [2.75, 3.05) is 11.9 Å². The van der Waals surface area contributed by atoms with Crippen molar-refractivity contribution < 1.29 is 23.1 Å². The maximum absolute atomic E-state index is 13.3. The summed E-state index contributed by atoms with van der Waals surface area (Å²) in [6.07, 6.45) is -0.209. The number of benzene rings is 2. The van der Waals surface area contributed by atoms with Crippen LogP contribution in [0.2, 0.25) is 0 Å². The van der Waals surface area contributed by atoms with Gasteiger partial charge in [-0.25, -0.2) is 13.6 Å². The molecule has 0 fully saturated rings. The lowest BCUT2D eigenvalue weighted by atomic mass is 10.1. The molecule has 0 aliphatic rings. The quantitative estimate of drug-likeness (QED) is 0.721. The smallest absolute Gasteiger partial charge is 0.338 e. The summed E-state index contributed by atoms with van der Waals surface area (Å²) in [5, 5.41) is 5.63. The summed E-state index contributed by atoms with van der Waals surface area (Å²) in [4.78, 5) is 23.8. The summed E-state index contributed by atoms with van der Waals surface area (Å²) in [5.41, 5.74) is 1.46. The molecule has 2 aromatic rings. The van der Waals surface area contributed by atoms with Gasteiger partial charge in [0.15, 0.2) is 11.6 Å². The normalized spacial score (nSPS) is 11.9. The Kier molecular flexibility index (Phi) is 7.01. The van der Waals surface area contributed by atoms with E-state index in [0.29, 0.717) is 16.8 Å². The number of anilines is 1. The van der Waals surface area contributed by atoms with E-state index in [9.17, 15) is 18.4 Å². The maximum atomic E-state index is 13.3. The molecule has 0 aromatic heterocycles. The molecule has 0 radical (unpaired) electrons. The molecular weight excluding hydrogens is 354 g/mol. The number of halogens is 2. The highest BCUT2D eigenvalue weighted by Crippen LogP contribution is 2.16. The zero-order valence-corrected chi connectivity index (χ0v) is 15.4. The summed E-state index contributed by atoms with van der Waals surface area (Å²) in [7, 11) is 0. The second kappa shape index (κ2) is 9.23. The SMILES string of the molecule is CC(C)OC(=O)c1ccc(NC(=O)CN[C@@H](C)c2ccc(F)c(F)c2)cc1. The predicted molar refractivity (Wildman–Crippen MR) is 98.4 cm³/mol. The minimum Gasteiger partial charge on any atom is -0.459 e. The number of hydrogen-bond acceptors (Lipinski definition) is 4. The fraction of sp³-hybridized carbons (Fsp3) is 0.300. The molecule has 7 heteroatoms. The van der Waals surface area contributed by atoms with E-state index < -0.39 is 17.6 Å². The Balaban J connectivity index is 1.86. The van der Waals surface area contributed by atoms with Gasteiger partial charge in [0.1, 0.15) is 0 Å². The Hall–Kier alpha value is -2.80. The third-order valence-electron chi connectivity index (χ3n) is 3.76. The van der Waals surface area contributed by atoms with Gasteiger partial charge in [-0.05, 0) is 62.7 Å². The summed E-state index contributed by atoms with van der Waals surface area (Å²) in [5.74, 6) is -2.57. The lowest BCUT2D eigenvalue weighted by Gasteiger charge is -2.14. The monoisotopic (exact) mass is 376 g/mol. The zero-order chi connectivity index (χ0) is 20.0. The number of esters is 1. The average molecular weight is 376 g/mol. The highest BCUT2D eigenvalue weighted by atomic mass is 19.2. The largest absolute Gasteiger partial charge is 0.459 e. The average Bonchev–Trinajstić information content (AvgIpc) is 2.62. The molecule has 5 nitrogen and oxygen atoms in total. The topological polar surface area (TPSA) is 67.4 Å². The lowest BCUT2D eigenvalue weighted by molar-refractivity contribution is -0.115. The van der Waals surface area contributed by atoms with Gasteiger partial charge in [0.25, 0.3) is 0 Å². The summed E-state index contributed by atoms with van der Waals surface area (Å²) >= 11 is 0. The summed E-state index contributed by atoms with van der Waals surface area (Å²) in [6.45, 7) is 5.26. The van der Waals surface area contributed by atoms with Crippen molar-refractivity contribution in [2.24, 2.45) is 0 Å². The molecule has 0 bridgehead atoms. The molecule has 0 saturated carbocycles. The number of hydrogen-bond donors (Lipinski definition) is 2. The molecule has 144 valence electrons. The molecule has 0 unspecified atom stereocenters. The van der Waals surface area contributed by atoms with Crippen molar-refractivity contribution in [3.05, 3.63) is 65.2 Å². The first-order chi connectivity index (χ1) is 12.8. The number of rotatable bonds is 7. The van der Waals surface area contributed by atoms with Crippen LogP contribution in [0.4, 0.5) is 14.5 Å². The molecule has 2 N–H and O–H groups in total. The van der Waals surface area contributed by atoms with Crippen LogP contribution in [0.1, 0.15) is 42.7 Å². The maximum Gasteiger partial charge on any atom is 0.338 e. The first kappa shape index (κ1) is 20.5. The van der Waals surface area contributed by atoms with Crippen molar-refractivity contribution in [1.82, 2.24) is 5.32 Å². The van der Waals surface area contributed by atoms with Crippen molar-refractivity contribution >= 4 is 17.6 Å². The fourth-order valence-electron chi connectivity index (χ4n) is 2.32. The van der Waals surface area contributed by atoms with E-state index in [1.54, 1.807) is 45.0 Å². The molecule has 1 amide bonds. The Morgan fingerprint density at radius 1 is 1.00 bits per heavy atom. The van der Waals surface area contributed by atoms with Gasteiger partial charge < -0.3 is 15.4 Å². The Labute approximate surface area is 156 Å². The van der Waals surface area contributed by atoms with Crippen LogP contribution in [0.15, 0.2) is 42.5 Å². The van der Waals surface area contributed by atoms with E-state index in [1.807, 2.05) is 0 Å². The number of carbonyl (C=O) groups is 2. The fourth-order valence-corrected chi connectivity index (χ4v) is 2.32. The van der Waals surface area contributed by atoms with Crippen LogP contribution in [0, 0.1) is 11.6 Å². The number of ether oxygens (including phenoxy) is 1. The van der Waals surface area contributed by atoms with Crippen LogP contribution in [0.5, 0.6) is 0 Å². The van der Waals surface area contributed by atoms with Crippen molar-refractivity contribution in [3.8, 4) is 0 Å². The van der Waals surface area contributed by atoms with E-state index in [0.717, 1.165) is 12.1 Å². The molecule has 0 aliphatic carbocycles. The van der Waals surface area contributed by atoms with Crippen LogP contribution in [0.25, 0.3) is 0 Å². The molecule has 0 spiro atoms. The van der Waals surface area contributed by atoms with Gasteiger partial charge in [-0.1, -0.05) is 6.07 Å². The van der Waals surface area contributed by atoms with E-state index in [4.69, 9.17) is 4.74 Å². The third-order valence-corrected chi connectivity index (χ3v) is 3.76. The molecular formula is C20H22F2N2O3. The molecule has 0 heterocycles. The Morgan fingerprint density at radius 3 is 2.26 bits per heavy atom. The van der Waals surface area contributed by atoms with Crippen molar-refractivity contribution in [1.29, 1.82) is 0 Å². The van der Waals surface area contributed by atoms with E-state index in [-0.39, 0.29) is 24.6 Å². The van der Waals surface area contributed by atoms with Gasteiger partial charge in [-0.15, -0.1) is 0 Å². The van der Waals surface area contributed by atoms with E-state index in [1.165, 1.54) is 6.07 Å². The first-order valence-corrected chi connectivity index (χ1v) is 8.55. The van der Waals surface area contributed by atoms with Crippen LogP contribution in [-0.4, -0.2) is 24.5 Å². The number of carbonyl (C=O) groups excluding carboxylic acids is 2. The second-order valence-electron chi connectivity index (χ2n) is 6.36. The molecule has 0 saturated heterocycles. The summed E-state index contributed by atoms with van der Waals surface area (Å²) in [6, 6.07) is 9.62. The minimum absolute atomic E-state index is 0.0166. The van der Waals surface area contributed by atoms with Crippen LogP contribution >= 0.6 is 0 Å².